The predicted molar refractivity (Wildman–Crippen MR) is 57.6 cm³/mol. The average molecular weight is 207 g/mol. The van der Waals surface area contributed by atoms with Crippen molar-refractivity contribution in [1.29, 1.82) is 0 Å². The Bertz CT molecular complexity index is 341. The van der Waals surface area contributed by atoms with Crippen molar-refractivity contribution in [1.82, 2.24) is 14.9 Å². The first kappa shape index (κ1) is 10.4. The molecule has 1 saturated heterocycles. The number of imidazole rings is 1. The Kier molecular flexibility index (Phi) is 3.16. The Labute approximate surface area is 89.7 Å². The van der Waals surface area contributed by atoms with E-state index in [9.17, 15) is 4.79 Å². The number of aromatic nitrogens is 2. The Balaban J connectivity index is 1.96. The molecule has 1 N–H and O–H groups in total. The van der Waals surface area contributed by atoms with Crippen LogP contribution in [0.3, 0.4) is 0 Å². The highest BCUT2D eigenvalue weighted by Gasteiger charge is 2.25. The van der Waals surface area contributed by atoms with Gasteiger partial charge >= 0.3 is 0 Å². The molecule has 2 heterocycles. The van der Waals surface area contributed by atoms with Gasteiger partial charge in [-0.05, 0) is 6.42 Å². The summed E-state index contributed by atoms with van der Waals surface area (Å²) in [6, 6.07) is 0. The fourth-order valence-electron chi connectivity index (χ4n) is 1.77. The van der Waals surface area contributed by atoms with Gasteiger partial charge in [0.2, 0.25) is 0 Å². The second-order valence-corrected chi connectivity index (χ2v) is 4.04. The van der Waals surface area contributed by atoms with Gasteiger partial charge in [0, 0.05) is 37.9 Å². The summed E-state index contributed by atoms with van der Waals surface area (Å²) in [5.41, 5.74) is 0. The Morgan fingerprint density at radius 3 is 3.07 bits per heavy atom. The lowest BCUT2D eigenvalue weighted by molar-refractivity contribution is -0.123. The van der Waals surface area contributed by atoms with E-state index in [4.69, 9.17) is 0 Å². The number of nitrogens with zero attached hydrogens (tertiary/aromatic N) is 2. The van der Waals surface area contributed by atoms with E-state index in [1.165, 1.54) is 0 Å². The van der Waals surface area contributed by atoms with Gasteiger partial charge in [0.05, 0.1) is 6.42 Å². The van der Waals surface area contributed by atoms with Crippen molar-refractivity contribution in [3.05, 3.63) is 18.2 Å². The minimum absolute atomic E-state index is 0.219. The molecule has 0 unspecified atom stereocenters. The van der Waals surface area contributed by atoms with E-state index in [1.54, 1.807) is 6.20 Å². The van der Waals surface area contributed by atoms with Gasteiger partial charge in [-0.1, -0.05) is 6.92 Å². The minimum atomic E-state index is 0.219. The topological polar surface area (TPSA) is 46.9 Å². The summed E-state index contributed by atoms with van der Waals surface area (Å²) in [6.45, 7) is 4.76. The molecule has 1 aliphatic heterocycles. The molecule has 0 radical (unpaired) electrons. The molecule has 1 aromatic heterocycles. The van der Waals surface area contributed by atoms with Gasteiger partial charge in [-0.25, -0.2) is 4.98 Å². The van der Waals surface area contributed by atoms with E-state index < -0.39 is 0 Å². The normalized spacial score (nSPS) is 16.3. The SMILES string of the molecule is CCCn1ccnc1CC(=O)C1CNC1. The van der Waals surface area contributed by atoms with Crippen LogP contribution in [0.25, 0.3) is 0 Å². The molecule has 1 aliphatic rings. The smallest absolute Gasteiger partial charge is 0.146 e. The number of hydrogen-bond acceptors (Lipinski definition) is 3. The van der Waals surface area contributed by atoms with Crippen molar-refractivity contribution in [2.45, 2.75) is 26.3 Å². The largest absolute Gasteiger partial charge is 0.335 e. The summed E-state index contributed by atoms with van der Waals surface area (Å²) in [5, 5.41) is 3.11. The zero-order valence-electron chi connectivity index (χ0n) is 9.07. The second kappa shape index (κ2) is 4.57. The fraction of sp³-hybridized carbons (Fsp3) is 0.636. The quantitative estimate of drug-likeness (QED) is 0.770. The monoisotopic (exact) mass is 207 g/mol. The van der Waals surface area contributed by atoms with Crippen LogP contribution in [-0.2, 0) is 17.8 Å². The summed E-state index contributed by atoms with van der Waals surface area (Å²) in [5.74, 6) is 1.45. The van der Waals surface area contributed by atoms with Crippen LogP contribution in [0, 0.1) is 5.92 Å². The molecular formula is C11H17N3O. The number of Topliss-reactive ketones (excluding diaryl/α,β-unsaturated/α-hetero) is 1. The number of carbonyl (C=O) groups is 1. The number of ketones is 1. The van der Waals surface area contributed by atoms with Gasteiger partial charge in [-0.2, -0.15) is 0 Å². The maximum atomic E-state index is 11.8. The third-order valence-electron chi connectivity index (χ3n) is 2.84. The zero-order valence-corrected chi connectivity index (χ0v) is 9.07. The predicted octanol–water partition coefficient (Wildman–Crippen LogP) is 0.624. The van der Waals surface area contributed by atoms with Gasteiger partial charge in [0.1, 0.15) is 11.6 Å². The van der Waals surface area contributed by atoms with Crippen molar-refractivity contribution >= 4 is 5.78 Å². The van der Waals surface area contributed by atoms with Crippen molar-refractivity contribution in [3.63, 3.8) is 0 Å². The molecule has 0 bridgehead atoms. The van der Waals surface area contributed by atoms with Crippen molar-refractivity contribution in [2.24, 2.45) is 5.92 Å². The molecule has 1 fully saturated rings. The first-order valence-electron chi connectivity index (χ1n) is 5.54. The highest BCUT2D eigenvalue weighted by molar-refractivity contribution is 5.83. The minimum Gasteiger partial charge on any atom is -0.335 e. The first-order valence-corrected chi connectivity index (χ1v) is 5.54. The van der Waals surface area contributed by atoms with Gasteiger partial charge in [-0.15, -0.1) is 0 Å². The summed E-state index contributed by atoms with van der Waals surface area (Å²) >= 11 is 0. The summed E-state index contributed by atoms with van der Waals surface area (Å²) in [7, 11) is 0. The average Bonchev–Trinajstić information content (AvgIpc) is 2.50. The third kappa shape index (κ3) is 2.26. The first-order chi connectivity index (χ1) is 7.31. The van der Waals surface area contributed by atoms with Gasteiger partial charge in [-0.3, -0.25) is 4.79 Å². The van der Waals surface area contributed by atoms with Crippen LogP contribution in [-0.4, -0.2) is 28.4 Å². The van der Waals surface area contributed by atoms with E-state index in [0.29, 0.717) is 12.2 Å². The third-order valence-corrected chi connectivity index (χ3v) is 2.84. The lowest BCUT2D eigenvalue weighted by Gasteiger charge is -2.25. The molecule has 82 valence electrons. The highest BCUT2D eigenvalue weighted by Crippen LogP contribution is 2.09. The van der Waals surface area contributed by atoms with Crippen molar-refractivity contribution < 1.29 is 4.79 Å². The Morgan fingerprint density at radius 2 is 2.47 bits per heavy atom. The summed E-state index contributed by atoms with van der Waals surface area (Å²) < 4.78 is 2.07. The van der Waals surface area contributed by atoms with Crippen LogP contribution in [0.1, 0.15) is 19.2 Å². The van der Waals surface area contributed by atoms with Crippen molar-refractivity contribution in [3.8, 4) is 0 Å². The molecule has 4 heteroatoms. The van der Waals surface area contributed by atoms with Gasteiger partial charge in [0.25, 0.3) is 0 Å². The van der Waals surface area contributed by atoms with E-state index >= 15 is 0 Å². The molecule has 15 heavy (non-hydrogen) atoms. The number of rotatable bonds is 5. The number of aryl methyl sites for hydroxylation is 1. The van der Waals surface area contributed by atoms with Crippen LogP contribution in [0.4, 0.5) is 0 Å². The Hall–Kier alpha value is -1.16. The molecule has 0 aliphatic carbocycles. The van der Waals surface area contributed by atoms with E-state index in [0.717, 1.165) is 31.9 Å². The summed E-state index contributed by atoms with van der Waals surface area (Å²) in [6.07, 6.45) is 5.28. The van der Waals surface area contributed by atoms with E-state index in [-0.39, 0.29) is 5.92 Å². The highest BCUT2D eigenvalue weighted by atomic mass is 16.1. The van der Waals surface area contributed by atoms with Gasteiger partial charge < -0.3 is 9.88 Å². The zero-order chi connectivity index (χ0) is 10.7. The van der Waals surface area contributed by atoms with Crippen LogP contribution in [0.2, 0.25) is 0 Å². The maximum absolute atomic E-state index is 11.8. The summed E-state index contributed by atoms with van der Waals surface area (Å²) in [4.78, 5) is 16.0. The van der Waals surface area contributed by atoms with Crippen LogP contribution < -0.4 is 5.32 Å². The molecule has 0 atom stereocenters. The lowest BCUT2D eigenvalue weighted by atomic mass is 9.96. The maximum Gasteiger partial charge on any atom is 0.146 e. The fourth-order valence-corrected chi connectivity index (χ4v) is 1.77. The molecule has 0 spiro atoms. The second-order valence-electron chi connectivity index (χ2n) is 4.04. The Morgan fingerprint density at radius 1 is 1.67 bits per heavy atom. The number of carbonyl (C=O) groups excluding carboxylic acids is 1. The molecule has 2 rings (SSSR count). The molecule has 0 saturated carbocycles. The number of nitrogens with one attached hydrogen (secondary N) is 1. The molecule has 4 nitrogen and oxygen atoms in total. The van der Waals surface area contributed by atoms with Crippen LogP contribution >= 0.6 is 0 Å². The standard InChI is InChI=1S/C11H17N3O/c1-2-4-14-5-3-13-11(14)6-10(15)9-7-12-8-9/h3,5,9,12H,2,4,6-8H2,1H3. The van der Waals surface area contributed by atoms with Crippen molar-refractivity contribution in [2.75, 3.05) is 13.1 Å². The lowest BCUT2D eigenvalue weighted by Crippen LogP contribution is -2.47. The van der Waals surface area contributed by atoms with Crippen LogP contribution in [0.15, 0.2) is 12.4 Å². The van der Waals surface area contributed by atoms with E-state index in [1.807, 2.05) is 6.20 Å². The number of hydrogen-bond donors (Lipinski definition) is 1. The molecular weight excluding hydrogens is 190 g/mol. The van der Waals surface area contributed by atoms with Gasteiger partial charge in [0.15, 0.2) is 0 Å². The van der Waals surface area contributed by atoms with E-state index in [2.05, 4.69) is 21.8 Å². The molecule has 0 aromatic carbocycles. The van der Waals surface area contributed by atoms with Crippen LogP contribution in [0.5, 0.6) is 0 Å². The molecule has 1 aromatic rings. The molecule has 0 amide bonds.